The van der Waals surface area contributed by atoms with E-state index in [1.54, 1.807) is 30.0 Å². The number of benzene rings is 5. The first-order chi connectivity index (χ1) is 26.1. The highest BCUT2D eigenvalue weighted by atomic mass is 32.2. The molecule has 2 heterocycles. The van der Waals surface area contributed by atoms with Gasteiger partial charge in [0.25, 0.3) is 21.6 Å². The number of fused-ring (bicyclic) bond motifs is 3. The van der Waals surface area contributed by atoms with E-state index in [2.05, 4.69) is 19.8 Å². The summed E-state index contributed by atoms with van der Waals surface area (Å²) in [5.41, 5.74) is 4.38. The molecule has 5 aromatic rings. The Morgan fingerprint density at radius 2 is 1.70 bits per heavy atom. The minimum Gasteiger partial charge on any atom is -0.379 e. The number of hydrogen-bond donors (Lipinski definition) is 2. The first-order valence-electron chi connectivity index (χ1n) is 17.5. The Balaban J connectivity index is 0.980. The van der Waals surface area contributed by atoms with Crippen LogP contribution < -0.4 is 14.9 Å². The van der Waals surface area contributed by atoms with Crippen LogP contribution in [0.3, 0.4) is 0 Å². The first kappa shape index (κ1) is 37.0. The number of amides is 1. The van der Waals surface area contributed by atoms with E-state index in [0.717, 1.165) is 65.5 Å². The summed E-state index contributed by atoms with van der Waals surface area (Å²) in [7, 11) is -4.43. The lowest BCUT2D eigenvalue weighted by Gasteiger charge is -2.46. The molecule has 2 N–H and O–H groups in total. The predicted octanol–water partition coefficient (Wildman–Crippen LogP) is 7.50. The molecule has 0 spiro atoms. The van der Waals surface area contributed by atoms with Crippen molar-refractivity contribution in [3.05, 3.63) is 148 Å². The standard InChI is InChI=1S/C40H37F2N5O5S2/c41-35-15-11-27(23-36(35)42)34-9-5-4-6-30(34)25-45-19-20-46-31(26-45)13-10-28-22-29(12-17-38(28)46)40(48)44-54(51,52)33-14-16-37(39(24-33)47(49)50)43-18-21-53-32-7-2-1-3-8-32/h1-9,11-12,14-17,22-24,31,43H,10,13,18-21,25-26H2,(H,44,48)/t31-/m0/s1. The fourth-order valence-electron chi connectivity index (χ4n) is 7.09. The molecule has 0 unspecified atom stereocenters. The van der Waals surface area contributed by atoms with Crippen molar-refractivity contribution in [2.75, 3.05) is 42.1 Å². The van der Waals surface area contributed by atoms with Gasteiger partial charge in [0.1, 0.15) is 5.69 Å². The molecule has 54 heavy (non-hydrogen) atoms. The maximum atomic E-state index is 14.0. The summed E-state index contributed by atoms with van der Waals surface area (Å²) in [4.78, 5) is 29.8. The van der Waals surface area contributed by atoms with E-state index < -0.39 is 43.1 Å². The number of rotatable bonds is 12. The SMILES string of the molecule is O=C(NS(=O)(=O)c1ccc(NCCSc2ccccc2)c([N+](=O)[O-])c1)c1ccc2c(c1)CC[C@H]1CN(Cc3ccccc3-c3ccc(F)c(F)c3)CCN21. The fraction of sp³-hybridized carbons (Fsp3) is 0.225. The minimum atomic E-state index is -4.43. The van der Waals surface area contributed by atoms with Crippen LogP contribution in [0.25, 0.3) is 11.1 Å². The summed E-state index contributed by atoms with van der Waals surface area (Å²) in [5.74, 6) is -1.95. The summed E-state index contributed by atoms with van der Waals surface area (Å²) < 4.78 is 56.3. The second-order valence-electron chi connectivity index (χ2n) is 13.2. The summed E-state index contributed by atoms with van der Waals surface area (Å²) >= 11 is 1.58. The van der Waals surface area contributed by atoms with E-state index in [0.29, 0.717) is 30.8 Å². The number of nitrogens with zero attached hydrogens (tertiary/aromatic N) is 3. The molecule has 1 saturated heterocycles. The quantitative estimate of drug-likeness (QED) is 0.0575. The predicted molar refractivity (Wildman–Crippen MR) is 206 cm³/mol. The highest BCUT2D eigenvalue weighted by Gasteiger charge is 2.33. The molecule has 0 aliphatic carbocycles. The Hall–Kier alpha value is -5.31. The molecule has 1 amide bonds. The van der Waals surface area contributed by atoms with Crippen molar-refractivity contribution in [1.29, 1.82) is 0 Å². The van der Waals surface area contributed by atoms with Crippen LogP contribution >= 0.6 is 11.8 Å². The molecule has 0 saturated carbocycles. The van der Waals surface area contributed by atoms with Gasteiger partial charge in [-0.05, 0) is 89.7 Å². The molecular formula is C40H37F2N5O5S2. The largest absolute Gasteiger partial charge is 0.379 e. The van der Waals surface area contributed by atoms with E-state index in [1.165, 1.54) is 18.2 Å². The van der Waals surface area contributed by atoms with Gasteiger partial charge in [-0.2, -0.15) is 0 Å². The number of thioether (sulfide) groups is 1. The number of carbonyl (C=O) groups is 1. The number of aryl methyl sites for hydroxylation is 1. The Labute approximate surface area is 316 Å². The normalized spacial score (nSPS) is 15.6. The lowest BCUT2D eigenvalue weighted by atomic mass is 9.92. The van der Waals surface area contributed by atoms with Crippen LogP contribution in [0.1, 0.15) is 27.9 Å². The zero-order valence-corrected chi connectivity index (χ0v) is 30.7. The van der Waals surface area contributed by atoms with Crippen LogP contribution in [0.2, 0.25) is 0 Å². The second-order valence-corrected chi connectivity index (χ2v) is 16.1. The van der Waals surface area contributed by atoms with Crippen LogP contribution in [-0.2, 0) is 23.0 Å². The third-order valence-electron chi connectivity index (χ3n) is 9.74. The molecule has 0 aromatic heterocycles. The average molecular weight is 770 g/mol. The van der Waals surface area contributed by atoms with E-state index in [-0.39, 0.29) is 17.3 Å². The van der Waals surface area contributed by atoms with Crippen molar-refractivity contribution in [2.24, 2.45) is 0 Å². The van der Waals surface area contributed by atoms with Gasteiger partial charge in [0.05, 0.1) is 9.82 Å². The summed E-state index contributed by atoms with van der Waals surface area (Å²) in [6.07, 6.45) is 1.51. The zero-order valence-electron chi connectivity index (χ0n) is 29.1. The van der Waals surface area contributed by atoms with Gasteiger partial charge < -0.3 is 10.2 Å². The van der Waals surface area contributed by atoms with Gasteiger partial charge in [0.2, 0.25) is 0 Å². The molecule has 14 heteroatoms. The van der Waals surface area contributed by atoms with Crippen molar-refractivity contribution in [3.8, 4) is 11.1 Å². The molecule has 0 bridgehead atoms. The van der Waals surface area contributed by atoms with E-state index in [1.807, 2.05) is 60.7 Å². The third-order valence-corrected chi connectivity index (χ3v) is 12.1. The molecule has 2 aliphatic heterocycles. The third kappa shape index (κ3) is 8.25. The van der Waals surface area contributed by atoms with Gasteiger partial charge in [-0.1, -0.05) is 48.5 Å². The lowest BCUT2D eigenvalue weighted by molar-refractivity contribution is -0.384. The van der Waals surface area contributed by atoms with E-state index in [9.17, 15) is 32.1 Å². The summed E-state index contributed by atoms with van der Waals surface area (Å²) in [6.45, 7) is 3.35. The zero-order chi connectivity index (χ0) is 37.8. The Morgan fingerprint density at radius 1 is 0.907 bits per heavy atom. The summed E-state index contributed by atoms with van der Waals surface area (Å²) in [6, 6.07) is 30.3. The number of nitro benzene ring substituents is 1. The van der Waals surface area contributed by atoms with Gasteiger partial charge in [-0.15, -0.1) is 11.8 Å². The van der Waals surface area contributed by atoms with Gasteiger partial charge >= 0.3 is 0 Å². The van der Waals surface area contributed by atoms with Gasteiger partial charge in [0, 0.05) is 66.7 Å². The first-order valence-corrected chi connectivity index (χ1v) is 19.9. The van der Waals surface area contributed by atoms with Crippen LogP contribution in [0.15, 0.2) is 119 Å². The second kappa shape index (κ2) is 16.0. The maximum absolute atomic E-state index is 14.0. The highest BCUT2D eigenvalue weighted by Crippen LogP contribution is 2.35. The Morgan fingerprint density at radius 3 is 2.50 bits per heavy atom. The molecule has 278 valence electrons. The number of hydrogen-bond acceptors (Lipinski definition) is 9. The van der Waals surface area contributed by atoms with Crippen molar-refractivity contribution >= 4 is 44.8 Å². The number of piperazine rings is 1. The molecule has 1 fully saturated rings. The van der Waals surface area contributed by atoms with Crippen molar-refractivity contribution in [3.63, 3.8) is 0 Å². The molecule has 5 aromatic carbocycles. The van der Waals surface area contributed by atoms with Crippen molar-refractivity contribution < 1.29 is 26.9 Å². The van der Waals surface area contributed by atoms with Crippen LogP contribution in [0.4, 0.5) is 25.8 Å². The molecular weight excluding hydrogens is 733 g/mol. The monoisotopic (exact) mass is 769 g/mol. The summed E-state index contributed by atoms with van der Waals surface area (Å²) in [5, 5.41) is 14.9. The van der Waals surface area contributed by atoms with Gasteiger partial charge in [-0.25, -0.2) is 21.9 Å². The number of anilines is 2. The highest BCUT2D eigenvalue weighted by molar-refractivity contribution is 7.99. The van der Waals surface area contributed by atoms with E-state index >= 15 is 0 Å². The number of sulfonamides is 1. The number of nitrogens with one attached hydrogen (secondary N) is 2. The molecule has 1 atom stereocenters. The Bertz CT molecular complexity index is 2310. The van der Waals surface area contributed by atoms with Gasteiger partial charge in [0.15, 0.2) is 11.6 Å². The fourth-order valence-corrected chi connectivity index (χ4v) is 8.87. The topological polar surface area (TPSA) is 125 Å². The van der Waals surface area contributed by atoms with Crippen LogP contribution in [-0.4, -0.2) is 62.1 Å². The average Bonchev–Trinajstić information content (AvgIpc) is 3.17. The van der Waals surface area contributed by atoms with Crippen LogP contribution in [0, 0.1) is 21.7 Å². The lowest BCUT2D eigenvalue weighted by Crippen LogP contribution is -2.54. The van der Waals surface area contributed by atoms with Gasteiger partial charge in [-0.3, -0.25) is 19.8 Å². The number of halogens is 2. The van der Waals surface area contributed by atoms with E-state index in [4.69, 9.17) is 0 Å². The smallest absolute Gasteiger partial charge is 0.293 e. The molecule has 2 aliphatic rings. The maximum Gasteiger partial charge on any atom is 0.293 e. The number of carbonyl (C=O) groups excluding carboxylic acids is 1. The Kier molecular flexibility index (Phi) is 10.9. The molecule has 7 rings (SSSR count). The van der Waals surface area contributed by atoms with Crippen molar-refractivity contribution in [2.45, 2.75) is 35.2 Å². The van der Waals surface area contributed by atoms with Crippen molar-refractivity contribution in [1.82, 2.24) is 9.62 Å². The molecule has 0 radical (unpaired) electrons. The number of nitro groups is 1. The minimum absolute atomic E-state index is 0.173. The van der Waals surface area contributed by atoms with Crippen LogP contribution in [0.5, 0.6) is 0 Å². The molecule has 10 nitrogen and oxygen atoms in total.